The van der Waals surface area contributed by atoms with Gasteiger partial charge in [-0.25, -0.2) is 14.6 Å². The Morgan fingerprint density at radius 1 is 1.11 bits per heavy atom. The molecule has 1 aromatic heterocycles. The molecule has 4 aliphatic carbocycles. The van der Waals surface area contributed by atoms with E-state index in [9.17, 15) is 19.2 Å². The van der Waals surface area contributed by atoms with Crippen LogP contribution in [0.4, 0.5) is 11.5 Å². The molecule has 10 nitrogen and oxygen atoms in total. The molecule has 3 fully saturated rings. The van der Waals surface area contributed by atoms with Crippen molar-refractivity contribution in [3.05, 3.63) is 65.9 Å². The summed E-state index contributed by atoms with van der Waals surface area (Å²) >= 11 is 0. The first-order valence-electron chi connectivity index (χ1n) is 16.8. The number of nitrogens with one attached hydrogen (secondary N) is 1. The summed E-state index contributed by atoms with van der Waals surface area (Å²) < 4.78 is 0. The average Bonchev–Trinajstić information content (AvgIpc) is 3.31. The van der Waals surface area contributed by atoms with Crippen LogP contribution in [-0.4, -0.2) is 82.9 Å². The summed E-state index contributed by atoms with van der Waals surface area (Å²) in [5.41, 5.74) is 3.77. The van der Waals surface area contributed by atoms with E-state index in [0.717, 1.165) is 69.9 Å². The minimum absolute atomic E-state index is 0.0208. The summed E-state index contributed by atoms with van der Waals surface area (Å²) in [5, 5.41) is 19.1. The van der Waals surface area contributed by atoms with Gasteiger partial charge in [0.25, 0.3) is 0 Å². The number of hydrogen-bond acceptors (Lipinski definition) is 8. The minimum atomic E-state index is -1.26. The quantitative estimate of drug-likeness (QED) is 0.261. The van der Waals surface area contributed by atoms with Gasteiger partial charge in [0, 0.05) is 62.4 Å². The first kappa shape index (κ1) is 34.3. The summed E-state index contributed by atoms with van der Waals surface area (Å²) in [6.45, 7) is 14.1. The molecule has 252 valence electrons. The number of nitrogens with zero attached hydrogens (tertiary/aromatic N) is 3. The average molecular weight is 645 g/mol. The second kappa shape index (κ2) is 14.0. The lowest BCUT2D eigenvalue weighted by Gasteiger charge is -2.52. The summed E-state index contributed by atoms with van der Waals surface area (Å²) in [7, 11) is 0. The van der Waals surface area contributed by atoms with Gasteiger partial charge in [-0.3, -0.25) is 14.5 Å². The molecule has 6 atom stereocenters. The van der Waals surface area contributed by atoms with Crippen LogP contribution in [0.25, 0.3) is 0 Å². The van der Waals surface area contributed by atoms with Crippen molar-refractivity contribution in [1.82, 2.24) is 9.88 Å². The second-order valence-corrected chi connectivity index (χ2v) is 14.1. The molecule has 0 aromatic carbocycles. The van der Waals surface area contributed by atoms with Crippen LogP contribution >= 0.6 is 0 Å². The molecule has 2 heterocycles. The lowest BCUT2D eigenvalue weighted by molar-refractivity contribution is -0.134. The molecule has 1 aliphatic heterocycles. The molecule has 0 spiro atoms. The van der Waals surface area contributed by atoms with Crippen molar-refractivity contribution in [2.75, 3.05) is 49.5 Å². The highest BCUT2D eigenvalue weighted by atomic mass is 16.4. The fourth-order valence-corrected chi connectivity index (χ4v) is 9.13. The van der Waals surface area contributed by atoms with Crippen LogP contribution in [0.3, 0.4) is 0 Å². The number of anilines is 2. The van der Waals surface area contributed by atoms with Gasteiger partial charge in [-0.05, 0) is 87.0 Å². The largest absolute Gasteiger partial charge is 0.478 e. The van der Waals surface area contributed by atoms with Crippen LogP contribution in [-0.2, 0) is 19.2 Å². The van der Waals surface area contributed by atoms with Gasteiger partial charge in [0.1, 0.15) is 0 Å². The highest BCUT2D eigenvalue weighted by molar-refractivity contribution is 6.01. The maximum Gasteiger partial charge on any atom is 0.328 e. The fraction of sp³-hybridized carbons (Fsp3) is 0.541. The standard InChI is InChI=1S/C33H44N4O2.C4H4O4/c1-5-34-28-7-6-14-35-31(28)37-17-15-36(16-18-37)21-29(39)30-22(2)19-27-25-9-8-23-20-24(38)10-12-32(23,3)26(25)11-13-33(27,30)4;5-3(6)1-2-4(7)8/h6-7,10-12,14,20,22,25,27,30,34H,5,8-9,13,15-19,21H2,1-4H3;1-2H,(H,5,6)(H,7,8)/b;2-1-/t22-,25-,27+,30-,32+,33+;/m1./s1. The number of fused-ring (bicyclic) bond motifs is 5. The Morgan fingerprint density at radius 2 is 1.81 bits per heavy atom. The maximum atomic E-state index is 14.0. The van der Waals surface area contributed by atoms with Crippen LogP contribution in [0, 0.1) is 34.5 Å². The molecular formula is C37H48N4O6. The first-order valence-corrected chi connectivity index (χ1v) is 16.8. The number of carbonyl (C=O) groups excluding carboxylic acids is 2. The number of allylic oxidation sites excluding steroid dienone is 6. The molecule has 1 saturated heterocycles. The van der Waals surface area contributed by atoms with Crippen molar-refractivity contribution in [3.63, 3.8) is 0 Å². The Hall–Kier alpha value is -4.05. The van der Waals surface area contributed by atoms with Gasteiger partial charge in [0.05, 0.1) is 12.2 Å². The van der Waals surface area contributed by atoms with Gasteiger partial charge >= 0.3 is 11.9 Å². The number of pyridine rings is 1. The normalized spacial score (nSPS) is 31.5. The van der Waals surface area contributed by atoms with E-state index in [1.54, 1.807) is 6.08 Å². The molecule has 6 rings (SSSR count). The van der Waals surface area contributed by atoms with Crippen LogP contribution < -0.4 is 10.2 Å². The van der Waals surface area contributed by atoms with Crippen molar-refractivity contribution < 1.29 is 29.4 Å². The Balaban J connectivity index is 0.000000483. The monoisotopic (exact) mass is 644 g/mol. The van der Waals surface area contributed by atoms with Gasteiger partial charge in [0.15, 0.2) is 17.4 Å². The number of carboxylic acids is 2. The van der Waals surface area contributed by atoms with Crippen LogP contribution in [0.5, 0.6) is 0 Å². The Morgan fingerprint density at radius 3 is 2.47 bits per heavy atom. The molecule has 0 bridgehead atoms. The molecule has 0 amide bonds. The van der Waals surface area contributed by atoms with Crippen molar-refractivity contribution in [2.45, 2.75) is 53.4 Å². The number of carboxylic acid groups (broad SMARTS) is 2. The number of rotatable bonds is 8. The Bertz CT molecular complexity index is 1510. The van der Waals surface area contributed by atoms with E-state index in [1.807, 2.05) is 18.3 Å². The van der Waals surface area contributed by atoms with E-state index >= 15 is 0 Å². The summed E-state index contributed by atoms with van der Waals surface area (Å²) in [6, 6.07) is 4.07. The number of hydrogen-bond donors (Lipinski definition) is 3. The third-order valence-electron chi connectivity index (χ3n) is 11.2. The van der Waals surface area contributed by atoms with E-state index < -0.39 is 11.9 Å². The summed E-state index contributed by atoms with van der Waals surface area (Å²) in [6.07, 6.45) is 15.4. The van der Waals surface area contributed by atoms with E-state index in [4.69, 9.17) is 10.2 Å². The molecule has 3 N–H and O–H groups in total. The minimum Gasteiger partial charge on any atom is -0.478 e. The predicted octanol–water partition coefficient (Wildman–Crippen LogP) is 5.01. The van der Waals surface area contributed by atoms with Crippen LogP contribution in [0.1, 0.15) is 53.4 Å². The molecule has 1 aromatic rings. The maximum absolute atomic E-state index is 14.0. The lowest BCUT2D eigenvalue weighted by atomic mass is 9.52. The Labute approximate surface area is 277 Å². The zero-order valence-electron chi connectivity index (χ0n) is 27.9. The van der Waals surface area contributed by atoms with Crippen molar-refractivity contribution in [2.24, 2.45) is 34.5 Å². The van der Waals surface area contributed by atoms with E-state index in [-0.39, 0.29) is 22.5 Å². The summed E-state index contributed by atoms with van der Waals surface area (Å²) in [5.74, 6) is 0.642. The van der Waals surface area contributed by atoms with E-state index in [1.165, 1.54) is 11.1 Å². The SMILES string of the molecule is CCNc1cccnc1N1CCN(CC(=O)[C@H]2[C@H](C)C[C@H]3[C@@H]4CCC5=CC(=O)C=C[C@]5(C)C4=CC[C@@]32C)CC1.O=C(O)/C=C\C(=O)O. The van der Waals surface area contributed by atoms with Crippen LogP contribution in [0.15, 0.2) is 65.9 Å². The van der Waals surface area contributed by atoms with Gasteiger partial charge in [0.2, 0.25) is 0 Å². The molecule has 10 heteroatoms. The lowest BCUT2D eigenvalue weighted by Crippen LogP contribution is -2.51. The van der Waals surface area contributed by atoms with Gasteiger partial charge in [-0.1, -0.05) is 37.1 Å². The number of aliphatic carboxylic acids is 2. The number of Topliss-reactive ketones (excluding diaryl/α,β-unsaturated/α-hetero) is 1. The molecule has 47 heavy (non-hydrogen) atoms. The van der Waals surface area contributed by atoms with Crippen molar-refractivity contribution in [1.29, 1.82) is 0 Å². The number of piperazine rings is 1. The second-order valence-electron chi connectivity index (χ2n) is 14.1. The van der Waals surface area contributed by atoms with Gasteiger partial charge < -0.3 is 20.4 Å². The van der Waals surface area contributed by atoms with Crippen molar-refractivity contribution in [3.8, 4) is 0 Å². The predicted molar refractivity (Wildman–Crippen MR) is 181 cm³/mol. The van der Waals surface area contributed by atoms with Crippen LogP contribution in [0.2, 0.25) is 0 Å². The molecule has 0 unspecified atom stereocenters. The topological polar surface area (TPSA) is 140 Å². The first-order chi connectivity index (χ1) is 22.4. The van der Waals surface area contributed by atoms with Crippen molar-refractivity contribution >= 4 is 35.0 Å². The smallest absolute Gasteiger partial charge is 0.328 e. The zero-order chi connectivity index (χ0) is 33.9. The highest BCUT2D eigenvalue weighted by Gasteiger charge is 2.59. The highest BCUT2D eigenvalue weighted by Crippen LogP contribution is 2.65. The van der Waals surface area contributed by atoms with Gasteiger partial charge in [-0.2, -0.15) is 0 Å². The summed E-state index contributed by atoms with van der Waals surface area (Å²) in [4.78, 5) is 54.6. The molecule has 0 radical (unpaired) electrons. The number of carbonyl (C=O) groups is 4. The number of aromatic nitrogens is 1. The van der Waals surface area contributed by atoms with E-state index in [2.05, 4.69) is 66.0 Å². The third kappa shape index (κ3) is 6.98. The van der Waals surface area contributed by atoms with E-state index in [0.29, 0.717) is 42.2 Å². The Kier molecular flexibility index (Phi) is 10.2. The fourth-order valence-electron chi connectivity index (χ4n) is 9.13. The molecule has 2 saturated carbocycles. The third-order valence-corrected chi connectivity index (χ3v) is 11.2. The molecular weight excluding hydrogens is 596 g/mol. The zero-order valence-corrected chi connectivity index (χ0v) is 27.9. The molecule has 5 aliphatic rings. The number of ketones is 2. The van der Waals surface area contributed by atoms with Gasteiger partial charge in [-0.15, -0.1) is 0 Å².